The van der Waals surface area contributed by atoms with E-state index in [4.69, 9.17) is 17.0 Å². The molecule has 1 aliphatic rings. The number of fused-ring (bicyclic) bond motifs is 1. The van der Waals surface area contributed by atoms with Crippen LogP contribution in [0.4, 0.5) is 0 Å². The van der Waals surface area contributed by atoms with Crippen molar-refractivity contribution in [2.24, 2.45) is 5.92 Å². The van der Waals surface area contributed by atoms with Crippen LogP contribution in [0, 0.1) is 19.8 Å². The molecule has 1 aromatic heterocycles. The van der Waals surface area contributed by atoms with Gasteiger partial charge in [-0.25, -0.2) is 0 Å². The van der Waals surface area contributed by atoms with Gasteiger partial charge in [0.15, 0.2) is 5.11 Å². The molecule has 152 valence electrons. The molecule has 2 aromatic rings. The maximum absolute atomic E-state index is 12.8. The summed E-state index contributed by atoms with van der Waals surface area (Å²) in [7, 11) is 0. The van der Waals surface area contributed by atoms with E-state index in [0.29, 0.717) is 24.1 Å². The average molecular weight is 402 g/mol. The molecule has 2 N–H and O–H groups in total. The molecule has 0 spiro atoms. The number of nitrogens with zero attached hydrogens (tertiary/aromatic N) is 1. The molecular formula is C22H31N3O2S. The fourth-order valence-corrected chi connectivity index (χ4v) is 3.93. The molecule has 1 fully saturated rings. The Hall–Kier alpha value is -1.92. The van der Waals surface area contributed by atoms with Crippen molar-refractivity contribution in [1.29, 1.82) is 0 Å². The van der Waals surface area contributed by atoms with Crippen LogP contribution < -0.4 is 10.9 Å². The van der Waals surface area contributed by atoms with Gasteiger partial charge in [0.25, 0.3) is 5.56 Å². The number of thiocarbonyl (C=S) groups is 1. The Kier molecular flexibility index (Phi) is 6.73. The predicted molar refractivity (Wildman–Crippen MR) is 119 cm³/mol. The largest absolute Gasteiger partial charge is 0.376 e. The molecule has 6 heteroatoms. The summed E-state index contributed by atoms with van der Waals surface area (Å²) in [5.74, 6) is 0.498. The lowest BCUT2D eigenvalue weighted by atomic mass is 10.1. The van der Waals surface area contributed by atoms with Crippen LogP contribution in [0.25, 0.3) is 10.9 Å². The lowest BCUT2D eigenvalue weighted by Crippen LogP contribution is -2.44. The molecule has 0 amide bonds. The summed E-state index contributed by atoms with van der Waals surface area (Å²) >= 11 is 5.66. The van der Waals surface area contributed by atoms with Gasteiger partial charge in [-0.1, -0.05) is 25.5 Å². The monoisotopic (exact) mass is 401 g/mol. The highest BCUT2D eigenvalue weighted by molar-refractivity contribution is 7.80. The Morgan fingerprint density at radius 2 is 2.14 bits per heavy atom. The molecule has 0 radical (unpaired) electrons. The van der Waals surface area contributed by atoms with E-state index in [1.54, 1.807) is 0 Å². The highest BCUT2D eigenvalue weighted by Gasteiger charge is 2.22. The average Bonchev–Trinajstić information content (AvgIpc) is 3.13. The van der Waals surface area contributed by atoms with E-state index < -0.39 is 0 Å². The SMILES string of the molecule is Cc1cc(C)c2[nH]c(=O)c(CN(CC3CCCO3)C(=S)NCC(C)C)cc2c1. The molecular weight excluding hydrogens is 370 g/mol. The maximum atomic E-state index is 12.8. The van der Waals surface area contributed by atoms with Crippen molar-refractivity contribution in [2.75, 3.05) is 19.7 Å². The number of pyridine rings is 1. The van der Waals surface area contributed by atoms with Crippen LogP contribution in [0.15, 0.2) is 23.0 Å². The number of rotatable bonds is 6. The molecule has 0 bridgehead atoms. The van der Waals surface area contributed by atoms with Gasteiger partial charge in [-0.15, -0.1) is 0 Å². The molecule has 0 aliphatic carbocycles. The molecule has 3 rings (SSSR count). The number of H-pyrrole nitrogens is 1. The third-order valence-corrected chi connectivity index (χ3v) is 5.53. The highest BCUT2D eigenvalue weighted by atomic mass is 32.1. The zero-order chi connectivity index (χ0) is 20.3. The van der Waals surface area contributed by atoms with E-state index in [-0.39, 0.29) is 11.7 Å². The number of ether oxygens (including phenoxy) is 1. The van der Waals surface area contributed by atoms with Crippen LogP contribution in [0.3, 0.4) is 0 Å². The number of nitrogens with one attached hydrogen (secondary N) is 2. The second-order valence-corrected chi connectivity index (χ2v) is 8.65. The minimum absolute atomic E-state index is 0.0524. The van der Waals surface area contributed by atoms with Crippen LogP contribution in [0.5, 0.6) is 0 Å². The number of hydrogen-bond donors (Lipinski definition) is 2. The van der Waals surface area contributed by atoms with Gasteiger partial charge in [0.05, 0.1) is 18.2 Å². The molecule has 1 saturated heterocycles. The Labute approximate surface area is 172 Å². The number of aryl methyl sites for hydroxylation is 2. The van der Waals surface area contributed by atoms with Crippen molar-refractivity contribution in [2.45, 2.75) is 53.2 Å². The smallest absolute Gasteiger partial charge is 0.253 e. The summed E-state index contributed by atoms with van der Waals surface area (Å²) in [6.07, 6.45) is 2.29. The van der Waals surface area contributed by atoms with Crippen molar-refractivity contribution >= 4 is 28.2 Å². The van der Waals surface area contributed by atoms with Gasteiger partial charge >= 0.3 is 0 Å². The van der Waals surface area contributed by atoms with Crippen molar-refractivity contribution in [3.63, 3.8) is 0 Å². The number of benzene rings is 1. The lowest BCUT2D eigenvalue weighted by molar-refractivity contribution is 0.0896. The first-order valence-corrected chi connectivity index (χ1v) is 10.5. The Morgan fingerprint density at radius 1 is 1.36 bits per heavy atom. The normalized spacial score (nSPS) is 16.7. The van der Waals surface area contributed by atoms with Crippen LogP contribution in [-0.2, 0) is 11.3 Å². The van der Waals surface area contributed by atoms with Gasteiger partial charge in [0.1, 0.15) is 0 Å². The van der Waals surface area contributed by atoms with E-state index in [9.17, 15) is 4.79 Å². The summed E-state index contributed by atoms with van der Waals surface area (Å²) in [5, 5.41) is 5.09. The maximum Gasteiger partial charge on any atom is 0.253 e. The van der Waals surface area contributed by atoms with Gasteiger partial charge in [-0.3, -0.25) is 4.79 Å². The lowest BCUT2D eigenvalue weighted by Gasteiger charge is -2.28. The summed E-state index contributed by atoms with van der Waals surface area (Å²) in [6, 6.07) is 6.20. The first kappa shape index (κ1) is 20.8. The van der Waals surface area contributed by atoms with E-state index in [1.165, 1.54) is 5.56 Å². The van der Waals surface area contributed by atoms with Gasteiger partial charge in [0.2, 0.25) is 0 Å². The minimum Gasteiger partial charge on any atom is -0.376 e. The molecule has 1 unspecified atom stereocenters. The van der Waals surface area contributed by atoms with E-state index >= 15 is 0 Å². The first-order chi connectivity index (χ1) is 13.3. The van der Waals surface area contributed by atoms with Gasteiger partial charge < -0.3 is 19.9 Å². The molecule has 5 nitrogen and oxygen atoms in total. The van der Waals surface area contributed by atoms with Gasteiger partial charge in [-0.05, 0) is 67.9 Å². The van der Waals surface area contributed by atoms with E-state index in [2.05, 4.69) is 48.1 Å². The van der Waals surface area contributed by atoms with Crippen LogP contribution in [0.2, 0.25) is 0 Å². The van der Waals surface area contributed by atoms with Crippen LogP contribution in [-0.4, -0.2) is 40.8 Å². The molecule has 28 heavy (non-hydrogen) atoms. The molecule has 1 aliphatic heterocycles. The summed E-state index contributed by atoms with van der Waals surface area (Å²) in [5.41, 5.74) is 3.86. The molecule has 2 heterocycles. The molecule has 1 atom stereocenters. The van der Waals surface area contributed by atoms with Crippen LogP contribution in [0.1, 0.15) is 43.4 Å². The van der Waals surface area contributed by atoms with Gasteiger partial charge in [-0.2, -0.15) is 0 Å². The standard InChI is InChI=1S/C22H31N3O2S/c1-14(2)11-23-22(28)25(13-19-6-5-7-27-19)12-18-10-17-9-15(3)8-16(4)20(17)24-21(18)26/h8-10,14,19H,5-7,11-13H2,1-4H3,(H,23,28)(H,24,26). The Balaban J connectivity index is 1.87. The quantitative estimate of drug-likeness (QED) is 0.724. The summed E-state index contributed by atoms with van der Waals surface area (Å²) in [4.78, 5) is 17.9. The topological polar surface area (TPSA) is 57.4 Å². The third kappa shape index (κ3) is 5.11. The summed E-state index contributed by atoms with van der Waals surface area (Å²) in [6.45, 7) is 11.2. The first-order valence-electron chi connectivity index (χ1n) is 10.1. The van der Waals surface area contributed by atoms with E-state index in [1.807, 2.05) is 13.0 Å². The van der Waals surface area contributed by atoms with Crippen molar-refractivity contribution in [3.8, 4) is 0 Å². The predicted octanol–water partition coefficient (Wildman–Crippen LogP) is 3.66. The van der Waals surface area contributed by atoms with Crippen molar-refractivity contribution in [3.05, 3.63) is 45.2 Å². The summed E-state index contributed by atoms with van der Waals surface area (Å²) < 4.78 is 5.81. The second-order valence-electron chi connectivity index (χ2n) is 8.27. The van der Waals surface area contributed by atoms with E-state index in [0.717, 1.165) is 48.0 Å². The number of aromatic amines is 1. The van der Waals surface area contributed by atoms with Gasteiger partial charge in [0, 0.05) is 25.3 Å². The fourth-order valence-electron chi connectivity index (χ4n) is 3.71. The second kappa shape index (κ2) is 9.05. The molecule has 0 saturated carbocycles. The zero-order valence-electron chi connectivity index (χ0n) is 17.3. The number of hydrogen-bond acceptors (Lipinski definition) is 3. The minimum atomic E-state index is -0.0524. The Bertz CT molecular complexity index is 901. The fraction of sp³-hybridized carbons (Fsp3) is 0.545. The zero-order valence-corrected chi connectivity index (χ0v) is 18.1. The Morgan fingerprint density at radius 3 is 2.82 bits per heavy atom. The van der Waals surface area contributed by atoms with Crippen molar-refractivity contribution < 1.29 is 4.74 Å². The van der Waals surface area contributed by atoms with Crippen LogP contribution >= 0.6 is 12.2 Å². The number of aromatic nitrogens is 1. The molecule has 1 aromatic carbocycles. The third-order valence-electron chi connectivity index (χ3n) is 5.13. The van der Waals surface area contributed by atoms with Crippen molar-refractivity contribution in [1.82, 2.24) is 15.2 Å². The highest BCUT2D eigenvalue weighted by Crippen LogP contribution is 2.19.